The van der Waals surface area contributed by atoms with Gasteiger partial charge in [0, 0.05) is 40.9 Å². The Morgan fingerprint density at radius 1 is 0.907 bits per heavy atom. The van der Waals surface area contributed by atoms with E-state index in [9.17, 15) is 22.8 Å². The Kier molecular flexibility index (Phi) is 10.7. The van der Waals surface area contributed by atoms with Gasteiger partial charge in [-0.25, -0.2) is 9.97 Å². The van der Waals surface area contributed by atoms with Crippen molar-refractivity contribution >= 4 is 34.9 Å². The highest BCUT2D eigenvalue weighted by atomic mass is 35.5. The van der Waals surface area contributed by atoms with Crippen molar-refractivity contribution in [2.24, 2.45) is 0 Å². The van der Waals surface area contributed by atoms with Gasteiger partial charge in [0.2, 0.25) is 0 Å². The minimum atomic E-state index is -4.45. The Bertz CT molecular complexity index is 1590. The van der Waals surface area contributed by atoms with Gasteiger partial charge in [-0.05, 0) is 54.1 Å². The molecule has 0 spiro atoms. The number of halogens is 4. The van der Waals surface area contributed by atoms with E-state index in [1.807, 2.05) is 0 Å². The van der Waals surface area contributed by atoms with E-state index in [2.05, 4.69) is 25.9 Å². The van der Waals surface area contributed by atoms with Crippen LogP contribution < -0.4 is 16.0 Å². The summed E-state index contributed by atoms with van der Waals surface area (Å²) >= 11 is 6.25. The monoisotopic (exact) mass is 613 g/mol. The second-order valence-electron chi connectivity index (χ2n) is 9.16. The summed E-state index contributed by atoms with van der Waals surface area (Å²) in [5, 5.41) is 17.6. The van der Waals surface area contributed by atoms with Crippen LogP contribution in [0, 0.1) is 0 Å². The van der Waals surface area contributed by atoms with E-state index >= 15 is 0 Å². The topological polar surface area (TPSA) is 125 Å². The molecule has 0 unspecified atom stereocenters. The summed E-state index contributed by atoms with van der Waals surface area (Å²) in [6, 6.07) is 17.5. The average Bonchev–Trinajstić information content (AvgIpc) is 3.00. The van der Waals surface area contributed by atoms with Crippen LogP contribution in [0.1, 0.15) is 31.8 Å². The maximum atomic E-state index is 13.2. The van der Waals surface area contributed by atoms with Crippen molar-refractivity contribution in [2.75, 3.05) is 37.0 Å². The number of carbonyl (C=O) groups excluding carboxylic acids is 2. The number of carbonyl (C=O) groups is 2. The number of hydrogen-bond acceptors (Lipinski definition) is 7. The van der Waals surface area contributed by atoms with E-state index in [-0.39, 0.29) is 49.9 Å². The molecule has 0 atom stereocenters. The van der Waals surface area contributed by atoms with Gasteiger partial charge in [0.05, 0.1) is 36.8 Å². The highest BCUT2D eigenvalue weighted by molar-refractivity contribution is 6.31. The van der Waals surface area contributed by atoms with Crippen LogP contribution in [-0.2, 0) is 17.5 Å². The smallest absolute Gasteiger partial charge is 0.394 e. The van der Waals surface area contributed by atoms with E-state index in [0.717, 1.165) is 12.1 Å². The second-order valence-corrected chi connectivity index (χ2v) is 9.59. The number of hydrogen-bond donors (Lipinski definition) is 4. The first-order valence-corrected chi connectivity index (χ1v) is 13.4. The van der Waals surface area contributed by atoms with Crippen LogP contribution in [0.15, 0.2) is 79.1 Å². The summed E-state index contributed by atoms with van der Waals surface area (Å²) in [6.07, 6.45) is -3.16. The summed E-state index contributed by atoms with van der Waals surface area (Å²) < 4.78 is 44.3. The molecule has 43 heavy (non-hydrogen) atoms. The van der Waals surface area contributed by atoms with Gasteiger partial charge >= 0.3 is 6.18 Å². The van der Waals surface area contributed by atoms with Crippen molar-refractivity contribution in [2.45, 2.75) is 12.7 Å². The number of nitrogens with one attached hydrogen (secondary N) is 3. The van der Waals surface area contributed by atoms with Gasteiger partial charge in [0.1, 0.15) is 12.1 Å². The maximum Gasteiger partial charge on any atom is 0.416 e. The van der Waals surface area contributed by atoms with Crippen LogP contribution in [0.4, 0.5) is 24.7 Å². The number of benzene rings is 3. The van der Waals surface area contributed by atoms with Crippen molar-refractivity contribution in [3.8, 4) is 11.3 Å². The Morgan fingerprint density at radius 3 is 2.44 bits per heavy atom. The highest BCUT2D eigenvalue weighted by Crippen LogP contribution is 2.32. The predicted octanol–water partition coefficient (Wildman–Crippen LogP) is 5.42. The van der Waals surface area contributed by atoms with Gasteiger partial charge in [-0.1, -0.05) is 29.8 Å². The number of amides is 2. The zero-order valence-corrected chi connectivity index (χ0v) is 23.4. The van der Waals surface area contributed by atoms with Gasteiger partial charge in [-0.2, -0.15) is 13.2 Å². The molecule has 0 aliphatic rings. The highest BCUT2D eigenvalue weighted by Gasteiger charge is 2.30. The zero-order valence-electron chi connectivity index (χ0n) is 22.6. The number of aliphatic hydroxyl groups excluding tert-OH is 1. The predicted molar refractivity (Wildman–Crippen MR) is 156 cm³/mol. The van der Waals surface area contributed by atoms with Crippen LogP contribution in [0.3, 0.4) is 0 Å². The van der Waals surface area contributed by atoms with Gasteiger partial charge in [-0.15, -0.1) is 0 Å². The first-order chi connectivity index (χ1) is 20.6. The Hall–Kier alpha value is -4.52. The molecule has 2 amide bonds. The largest absolute Gasteiger partial charge is 0.416 e. The number of anilines is 2. The number of rotatable bonds is 12. The Labute approximate surface area is 250 Å². The Balaban J connectivity index is 1.47. The summed E-state index contributed by atoms with van der Waals surface area (Å²) in [5.41, 5.74) is 1.43. The molecule has 4 N–H and O–H groups in total. The van der Waals surface area contributed by atoms with E-state index in [1.165, 1.54) is 18.5 Å². The van der Waals surface area contributed by atoms with E-state index < -0.39 is 17.6 Å². The van der Waals surface area contributed by atoms with E-state index in [1.54, 1.807) is 48.5 Å². The molecule has 0 aliphatic carbocycles. The van der Waals surface area contributed by atoms with Crippen molar-refractivity contribution < 1.29 is 32.6 Å². The molecule has 4 rings (SSSR count). The lowest BCUT2D eigenvalue weighted by Gasteiger charge is -2.13. The third-order valence-corrected chi connectivity index (χ3v) is 6.29. The second kappa shape index (κ2) is 14.6. The lowest BCUT2D eigenvalue weighted by Crippen LogP contribution is -2.27. The number of aromatic nitrogens is 2. The molecule has 1 aromatic heterocycles. The normalized spacial score (nSPS) is 11.2. The van der Waals surface area contributed by atoms with E-state index in [4.69, 9.17) is 21.4 Å². The van der Waals surface area contributed by atoms with Gasteiger partial charge in [0.15, 0.2) is 0 Å². The molecule has 0 fully saturated rings. The minimum Gasteiger partial charge on any atom is -0.394 e. The first-order valence-electron chi connectivity index (χ1n) is 13.0. The van der Waals surface area contributed by atoms with Crippen LogP contribution in [0.5, 0.6) is 0 Å². The van der Waals surface area contributed by atoms with Crippen LogP contribution in [-0.4, -0.2) is 53.3 Å². The average molecular weight is 614 g/mol. The molecule has 13 heteroatoms. The number of aliphatic hydroxyl groups is 1. The summed E-state index contributed by atoms with van der Waals surface area (Å²) in [4.78, 5) is 34.1. The molecule has 0 saturated carbocycles. The molecule has 0 saturated heterocycles. The molecule has 0 bridgehead atoms. The summed E-state index contributed by atoms with van der Waals surface area (Å²) in [5.74, 6) is -0.526. The van der Waals surface area contributed by atoms with Crippen LogP contribution in [0.25, 0.3) is 11.3 Å². The standard InChI is InChI=1S/C30H27ClF3N5O4/c31-23-7-8-25(39-29(42)21-5-2-4-20(14-21)28(41)35-9-11-43-12-10-40)24(15-23)26-16-27(38-18-37-26)36-17-19-3-1-6-22(13-19)30(32,33)34/h1-8,13-16,18,40H,9-12,17H2,(H,35,41)(H,39,42)(H,36,37,38). The zero-order chi connectivity index (χ0) is 30.8. The quantitative estimate of drug-likeness (QED) is 0.157. The molecule has 0 radical (unpaired) electrons. The molecule has 4 aromatic rings. The maximum absolute atomic E-state index is 13.2. The first kappa shape index (κ1) is 31.4. The fraction of sp³-hybridized carbons (Fsp3) is 0.200. The fourth-order valence-corrected chi connectivity index (χ4v) is 4.16. The Morgan fingerprint density at radius 2 is 1.67 bits per heavy atom. The molecule has 3 aromatic carbocycles. The minimum absolute atomic E-state index is 0.0825. The van der Waals surface area contributed by atoms with Crippen molar-refractivity contribution in [3.05, 3.63) is 106 Å². The third-order valence-electron chi connectivity index (χ3n) is 6.06. The SMILES string of the molecule is O=C(NCCOCCO)c1cccc(C(=O)Nc2ccc(Cl)cc2-c2cc(NCc3cccc(C(F)(F)F)c3)ncn2)c1. The van der Waals surface area contributed by atoms with Crippen molar-refractivity contribution in [3.63, 3.8) is 0 Å². The lowest BCUT2D eigenvalue weighted by atomic mass is 10.1. The fourth-order valence-electron chi connectivity index (χ4n) is 3.99. The molecular formula is C30H27ClF3N5O4. The van der Waals surface area contributed by atoms with Crippen molar-refractivity contribution in [1.29, 1.82) is 0 Å². The molecule has 1 heterocycles. The van der Waals surface area contributed by atoms with E-state index in [0.29, 0.717) is 33.3 Å². The lowest BCUT2D eigenvalue weighted by molar-refractivity contribution is -0.137. The van der Waals surface area contributed by atoms with Gasteiger partial charge < -0.3 is 25.8 Å². The third kappa shape index (κ3) is 8.98. The van der Waals surface area contributed by atoms with Gasteiger partial charge in [0.25, 0.3) is 11.8 Å². The van der Waals surface area contributed by atoms with Crippen LogP contribution >= 0.6 is 11.6 Å². The molecule has 224 valence electrons. The molecular weight excluding hydrogens is 587 g/mol. The number of nitrogens with zero attached hydrogens (tertiary/aromatic N) is 2. The van der Waals surface area contributed by atoms with Crippen LogP contribution in [0.2, 0.25) is 5.02 Å². The summed E-state index contributed by atoms with van der Waals surface area (Å²) in [6.45, 7) is 0.611. The van der Waals surface area contributed by atoms with Gasteiger partial charge in [-0.3, -0.25) is 9.59 Å². The number of alkyl halides is 3. The molecule has 9 nitrogen and oxygen atoms in total. The molecule has 0 aliphatic heterocycles. The number of ether oxygens (including phenoxy) is 1. The summed E-state index contributed by atoms with van der Waals surface area (Å²) in [7, 11) is 0. The van der Waals surface area contributed by atoms with Crippen molar-refractivity contribution in [1.82, 2.24) is 15.3 Å².